The second-order valence-electron chi connectivity index (χ2n) is 4.40. The van der Waals surface area contributed by atoms with Gasteiger partial charge in [0.05, 0.1) is 19.9 Å². The molecule has 0 atom stereocenters. The van der Waals surface area contributed by atoms with E-state index in [0.29, 0.717) is 12.2 Å². The zero-order valence-corrected chi connectivity index (χ0v) is 15.0. The van der Waals surface area contributed by atoms with Gasteiger partial charge in [-0.2, -0.15) is 10.2 Å². The number of aryl methyl sites for hydroxylation is 3. The van der Waals surface area contributed by atoms with E-state index in [0.717, 1.165) is 26.7 Å². The standard InChI is InChI=1S/C12H15BrIN5O/c1-8-9(13)7-19(17-8)5-3-4-15-12(20)11-10(14)6-16-18(11)2/h6-7H,3-5H2,1-2H3,(H,15,20). The lowest BCUT2D eigenvalue weighted by atomic mass is 10.3. The number of rotatable bonds is 5. The molecule has 6 nitrogen and oxygen atoms in total. The summed E-state index contributed by atoms with van der Waals surface area (Å²) in [5.41, 5.74) is 1.57. The molecule has 0 saturated carbocycles. The predicted octanol–water partition coefficient (Wildman–Crippen LogP) is 2.11. The molecular weight excluding hydrogens is 437 g/mol. The van der Waals surface area contributed by atoms with E-state index in [4.69, 9.17) is 0 Å². The van der Waals surface area contributed by atoms with Gasteiger partial charge in [0, 0.05) is 26.3 Å². The van der Waals surface area contributed by atoms with Crippen molar-refractivity contribution in [1.82, 2.24) is 24.9 Å². The second kappa shape index (κ2) is 6.70. The molecule has 2 aromatic heterocycles. The molecule has 0 radical (unpaired) electrons. The van der Waals surface area contributed by atoms with Crippen LogP contribution < -0.4 is 5.32 Å². The summed E-state index contributed by atoms with van der Waals surface area (Å²) in [6.07, 6.45) is 4.45. The Balaban J connectivity index is 1.80. The monoisotopic (exact) mass is 451 g/mol. The molecule has 20 heavy (non-hydrogen) atoms. The van der Waals surface area contributed by atoms with Crippen molar-refractivity contribution in [3.63, 3.8) is 0 Å². The Morgan fingerprint density at radius 3 is 2.85 bits per heavy atom. The molecule has 8 heteroatoms. The fraction of sp³-hybridized carbons (Fsp3) is 0.417. The van der Waals surface area contributed by atoms with E-state index in [1.165, 1.54) is 0 Å². The average molecular weight is 452 g/mol. The highest BCUT2D eigenvalue weighted by atomic mass is 127. The molecule has 0 aliphatic rings. The van der Waals surface area contributed by atoms with E-state index >= 15 is 0 Å². The van der Waals surface area contributed by atoms with Crippen molar-refractivity contribution < 1.29 is 4.79 Å². The number of halogens is 2. The van der Waals surface area contributed by atoms with Crippen LogP contribution in [0.15, 0.2) is 16.9 Å². The highest BCUT2D eigenvalue weighted by molar-refractivity contribution is 14.1. The molecule has 2 aromatic rings. The van der Waals surface area contributed by atoms with Gasteiger partial charge in [0.15, 0.2) is 0 Å². The Hall–Kier alpha value is -0.900. The van der Waals surface area contributed by atoms with Crippen molar-refractivity contribution in [2.45, 2.75) is 19.9 Å². The van der Waals surface area contributed by atoms with Crippen LogP contribution in [-0.2, 0) is 13.6 Å². The first-order chi connectivity index (χ1) is 9.49. The summed E-state index contributed by atoms with van der Waals surface area (Å²) < 4.78 is 5.32. The van der Waals surface area contributed by atoms with Crippen molar-refractivity contribution in [2.24, 2.45) is 7.05 Å². The Bertz CT molecular complexity index is 582. The summed E-state index contributed by atoms with van der Waals surface area (Å²) >= 11 is 5.54. The summed E-state index contributed by atoms with van der Waals surface area (Å²) in [6, 6.07) is 0. The summed E-state index contributed by atoms with van der Waals surface area (Å²) in [6.45, 7) is 3.33. The first-order valence-electron chi connectivity index (χ1n) is 6.14. The highest BCUT2D eigenvalue weighted by Gasteiger charge is 2.14. The van der Waals surface area contributed by atoms with Gasteiger partial charge in [-0.15, -0.1) is 0 Å². The van der Waals surface area contributed by atoms with Gasteiger partial charge in [0.25, 0.3) is 5.91 Å². The van der Waals surface area contributed by atoms with Crippen molar-refractivity contribution in [1.29, 1.82) is 0 Å². The molecule has 2 heterocycles. The van der Waals surface area contributed by atoms with E-state index in [1.807, 2.05) is 17.8 Å². The molecule has 0 fully saturated rings. The summed E-state index contributed by atoms with van der Waals surface area (Å²) in [5, 5.41) is 11.3. The van der Waals surface area contributed by atoms with Crippen LogP contribution >= 0.6 is 38.5 Å². The van der Waals surface area contributed by atoms with Crippen LogP contribution in [0.1, 0.15) is 22.6 Å². The molecule has 0 aliphatic carbocycles. The number of amides is 1. The fourth-order valence-electron chi connectivity index (χ4n) is 1.80. The van der Waals surface area contributed by atoms with E-state index < -0.39 is 0 Å². The molecule has 1 amide bonds. The van der Waals surface area contributed by atoms with Gasteiger partial charge >= 0.3 is 0 Å². The number of hydrogen-bond donors (Lipinski definition) is 1. The molecule has 1 N–H and O–H groups in total. The smallest absolute Gasteiger partial charge is 0.270 e. The topological polar surface area (TPSA) is 64.7 Å². The maximum atomic E-state index is 12.0. The number of carbonyl (C=O) groups is 1. The van der Waals surface area contributed by atoms with Crippen LogP contribution in [0, 0.1) is 10.5 Å². The Kier molecular flexibility index (Phi) is 5.19. The SMILES string of the molecule is Cc1nn(CCCNC(=O)c2c(I)cnn2C)cc1Br. The molecule has 0 bridgehead atoms. The molecular formula is C12H15BrIN5O. The third-order valence-corrected chi connectivity index (χ3v) is 4.41. The van der Waals surface area contributed by atoms with E-state index in [1.54, 1.807) is 17.9 Å². The maximum Gasteiger partial charge on any atom is 0.270 e. The average Bonchev–Trinajstić information content (AvgIpc) is 2.89. The third-order valence-electron chi connectivity index (χ3n) is 2.85. The fourth-order valence-corrected chi connectivity index (χ4v) is 2.84. The maximum absolute atomic E-state index is 12.0. The molecule has 108 valence electrons. The second-order valence-corrected chi connectivity index (χ2v) is 6.42. The van der Waals surface area contributed by atoms with Crippen molar-refractivity contribution in [3.8, 4) is 0 Å². The van der Waals surface area contributed by atoms with Crippen molar-refractivity contribution in [2.75, 3.05) is 6.54 Å². The lowest BCUT2D eigenvalue weighted by molar-refractivity contribution is 0.0942. The van der Waals surface area contributed by atoms with Crippen LogP contribution in [0.3, 0.4) is 0 Å². The zero-order chi connectivity index (χ0) is 14.7. The molecule has 0 aromatic carbocycles. The first kappa shape index (κ1) is 15.5. The minimum atomic E-state index is -0.0905. The molecule has 0 spiro atoms. The van der Waals surface area contributed by atoms with Crippen LogP contribution in [0.25, 0.3) is 0 Å². The molecule has 2 rings (SSSR count). The number of nitrogens with one attached hydrogen (secondary N) is 1. The minimum Gasteiger partial charge on any atom is -0.351 e. The predicted molar refractivity (Wildman–Crippen MR) is 87.5 cm³/mol. The van der Waals surface area contributed by atoms with Crippen LogP contribution in [0.2, 0.25) is 0 Å². The number of nitrogens with zero attached hydrogens (tertiary/aromatic N) is 4. The largest absolute Gasteiger partial charge is 0.351 e. The quantitative estimate of drug-likeness (QED) is 0.559. The lowest BCUT2D eigenvalue weighted by Crippen LogP contribution is -2.28. The Labute approximate surface area is 139 Å². The summed E-state index contributed by atoms with van der Waals surface area (Å²) in [5.74, 6) is -0.0905. The van der Waals surface area contributed by atoms with Gasteiger partial charge in [-0.25, -0.2) is 0 Å². The molecule has 0 unspecified atom stereocenters. The van der Waals surface area contributed by atoms with Gasteiger partial charge in [-0.1, -0.05) is 0 Å². The van der Waals surface area contributed by atoms with Gasteiger partial charge < -0.3 is 5.32 Å². The highest BCUT2D eigenvalue weighted by Crippen LogP contribution is 2.13. The zero-order valence-electron chi connectivity index (χ0n) is 11.2. The molecule has 0 aliphatic heterocycles. The lowest BCUT2D eigenvalue weighted by Gasteiger charge is -2.06. The van der Waals surface area contributed by atoms with Gasteiger partial charge in [-0.05, 0) is 51.9 Å². The van der Waals surface area contributed by atoms with Crippen molar-refractivity contribution >= 4 is 44.4 Å². The van der Waals surface area contributed by atoms with Crippen LogP contribution in [0.5, 0.6) is 0 Å². The van der Waals surface area contributed by atoms with E-state index in [-0.39, 0.29) is 5.91 Å². The third kappa shape index (κ3) is 3.60. The van der Waals surface area contributed by atoms with Crippen LogP contribution in [0.4, 0.5) is 0 Å². The number of aromatic nitrogens is 4. The Morgan fingerprint density at radius 2 is 2.30 bits per heavy atom. The normalized spacial score (nSPS) is 10.8. The summed E-state index contributed by atoms with van der Waals surface area (Å²) in [7, 11) is 1.76. The van der Waals surface area contributed by atoms with E-state index in [9.17, 15) is 4.79 Å². The van der Waals surface area contributed by atoms with Gasteiger partial charge in [0.2, 0.25) is 0 Å². The van der Waals surface area contributed by atoms with Gasteiger partial charge in [-0.3, -0.25) is 14.2 Å². The molecule has 0 saturated heterocycles. The minimum absolute atomic E-state index is 0.0905. The Morgan fingerprint density at radius 1 is 1.55 bits per heavy atom. The number of carbonyl (C=O) groups excluding carboxylic acids is 1. The van der Waals surface area contributed by atoms with Crippen molar-refractivity contribution in [3.05, 3.63) is 31.8 Å². The first-order valence-corrected chi connectivity index (χ1v) is 8.01. The van der Waals surface area contributed by atoms with Crippen LogP contribution in [-0.4, -0.2) is 32.0 Å². The van der Waals surface area contributed by atoms with Gasteiger partial charge in [0.1, 0.15) is 5.69 Å². The summed E-state index contributed by atoms with van der Waals surface area (Å²) in [4.78, 5) is 12.0. The number of hydrogen-bond acceptors (Lipinski definition) is 3. The van der Waals surface area contributed by atoms with E-state index in [2.05, 4.69) is 54.0 Å².